The Hall–Kier alpha value is -4.33. The fraction of sp³-hybridized carbons (Fsp3) is 0.0455. The molecule has 8 nitrogen and oxygen atoms in total. The van der Waals surface area contributed by atoms with Crippen molar-refractivity contribution in [2.24, 2.45) is 0 Å². The third kappa shape index (κ3) is 3.20. The number of Topliss-reactive ketones (excluding diaryl/α,β-unsaturated/α-hetero) is 1. The smallest absolute Gasteiger partial charge is 0.300 e. The maximum atomic E-state index is 12.9. The number of aliphatic hydroxyl groups excluding tert-OH is 1. The molecule has 0 unspecified atom stereocenters. The van der Waals surface area contributed by atoms with Gasteiger partial charge in [-0.25, -0.2) is 0 Å². The van der Waals surface area contributed by atoms with Crippen LogP contribution in [0.3, 0.4) is 0 Å². The molecule has 2 aromatic carbocycles. The molecule has 0 aliphatic carbocycles. The molecular weight excluding hydrogens is 386 g/mol. The van der Waals surface area contributed by atoms with Gasteiger partial charge in [-0.3, -0.25) is 29.6 Å². The second-order valence-electron chi connectivity index (χ2n) is 6.59. The van der Waals surface area contributed by atoms with E-state index in [-0.39, 0.29) is 17.0 Å². The van der Waals surface area contributed by atoms with Crippen LogP contribution in [0.15, 0.2) is 84.7 Å². The van der Waals surface area contributed by atoms with E-state index in [0.717, 1.165) is 0 Å². The number of nitro benzene ring substituents is 1. The average Bonchev–Trinajstić information content (AvgIpc) is 3.05. The number of carbonyl (C=O) groups is 2. The number of aromatic nitrogens is 1. The van der Waals surface area contributed by atoms with Crippen molar-refractivity contribution in [2.75, 3.05) is 4.90 Å². The van der Waals surface area contributed by atoms with Crippen molar-refractivity contribution in [3.05, 3.63) is 106 Å². The van der Waals surface area contributed by atoms with E-state index in [9.17, 15) is 24.8 Å². The number of rotatable bonds is 4. The molecule has 1 amide bonds. The van der Waals surface area contributed by atoms with Gasteiger partial charge in [0.25, 0.3) is 17.4 Å². The quantitative estimate of drug-likeness (QED) is 0.235. The molecule has 1 aromatic heterocycles. The minimum atomic E-state index is -0.963. The Kier molecular flexibility index (Phi) is 4.81. The summed E-state index contributed by atoms with van der Waals surface area (Å²) in [6, 6.07) is 16.2. The zero-order valence-corrected chi connectivity index (χ0v) is 15.5. The van der Waals surface area contributed by atoms with Crippen molar-refractivity contribution in [3.63, 3.8) is 0 Å². The number of amides is 1. The van der Waals surface area contributed by atoms with E-state index in [1.165, 1.54) is 41.6 Å². The number of nitro groups is 1. The summed E-state index contributed by atoms with van der Waals surface area (Å²) in [5, 5.41) is 21.9. The van der Waals surface area contributed by atoms with E-state index in [4.69, 9.17) is 0 Å². The summed E-state index contributed by atoms with van der Waals surface area (Å²) in [4.78, 5) is 41.6. The van der Waals surface area contributed by atoms with Crippen LogP contribution in [0.25, 0.3) is 5.76 Å². The molecule has 1 atom stereocenters. The van der Waals surface area contributed by atoms with Crippen LogP contribution >= 0.6 is 0 Å². The second-order valence-corrected chi connectivity index (χ2v) is 6.59. The number of hydrogen-bond donors (Lipinski definition) is 1. The summed E-state index contributed by atoms with van der Waals surface area (Å²) < 4.78 is 0. The summed E-state index contributed by atoms with van der Waals surface area (Å²) in [5.74, 6) is -1.98. The van der Waals surface area contributed by atoms with Gasteiger partial charge in [-0.2, -0.15) is 0 Å². The Labute approximate surface area is 170 Å². The van der Waals surface area contributed by atoms with Crippen LogP contribution in [0.5, 0.6) is 0 Å². The zero-order valence-electron chi connectivity index (χ0n) is 15.5. The Balaban J connectivity index is 1.93. The third-order valence-electron chi connectivity index (χ3n) is 4.84. The van der Waals surface area contributed by atoms with Crippen molar-refractivity contribution < 1.29 is 19.6 Å². The van der Waals surface area contributed by atoms with Crippen molar-refractivity contribution in [2.45, 2.75) is 6.04 Å². The van der Waals surface area contributed by atoms with Gasteiger partial charge in [0.2, 0.25) is 0 Å². The van der Waals surface area contributed by atoms with Crippen molar-refractivity contribution in [1.82, 2.24) is 4.98 Å². The summed E-state index contributed by atoms with van der Waals surface area (Å²) in [5.41, 5.74) is 0.980. The molecule has 1 aliphatic heterocycles. The van der Waals surface area contributed by atoms with Gasteiger partial charge < -0.3 is 5.11 Å². The van der Waals surface area contributed by atoms with Crippen molar-refractivity contribution in [3.8, 4) is 0 Å². The van der Waals surface area contributed by atoms with Crippen LogP contribution < -0.4 is 4.90 Å². The normalized spacial score (nSPS) is 17.9. The first-order chi connectivity index (χ1) is 14.5. The molecule has 0 spiro atoms. The van der Waals surface area contributed by atoms with Gasteiger partial charge in [-0.1, -0.05) is 30.3 Å². The van der Waals surface area contributed by atoms with Crippen LogP contribution in [0, 0.1) is 10.1 Å². The summed E-state index contributed by atoms with van der Waals surface area (Å²) in [6.07, 6.45) is 2.97. The summed E-state index contributed by atoms with van der Waals surface area (Å²) in [7, 11) is 0. The molecule has 8 heteroatoms. The van der Waals surface area contributed by atoms with Crippen LogP contribution in [-0.2, 0) is 9.59 Å². The van der Waals surface area contributed by atoms with Crippen LogP contribution in [0.4, 0.5) is 11.4 Å². The van der Waals surface area contributed by atoms with E-state index in [1.54, 1.807) is 42.5 Å². The SMILES string of the molecule is O=C1C(=O)N(c2cccnc2)[C@@H](c2ccc([N+](=O)[O-])cc2)/C1=C(\O)c1ccccc1. The molecule has 1 N–H and O–H groups in total. The number of pyridine rings is 1. The molecule has 3 aromatic rings. The molecule has 2 heterocycles. The lowest BCUT2D eigenvalue weighted by Crippen LogP contribution is -2.29. The predicted octanol–water partition coefficient (Wildman–Crippen LogP) is 3.62. The van der Waals surface area contributed by atoms with E-state index < -0.39 is 22.7 Å². The minimum Gasteiger partial charge on any atom is -0.507 e. The standard InChI is InChI=1S/C22H15N3O5/c26-20(15-5-2-1-3-6-15)18-19(14-8-10-16(11-9-14)25(29)30)24(22(28)21(18)27)17-7-4-12-23-13-17/h1-13,19,26H/b20-18+/t19-/m0/s1. The Bertz CT molecular complexity index is 1160. The molecule has 0 bridgehead atoms. The topological polar surface area (TPSA) is 114 Å². The predicted molar refractivity (Wildman–Crippen MR) is 109 cm³/mol. The molecule has 1 fully saturated rings. The van der Waals surface area contributed by atoms with Gasteiger partial charge in [0, 0.05) is 23.9 Å². The van der Waals surface area contributed by atoms with Gasteiger partial charge in [-0.05, 0) is 29.8 Å². The molecule has 1 aliphatic rings. The van der Waals surface area contributed by atoms with Crippen molar-refractivity contribution in [1.29, 1.82) is 0 Å². The number of ketones is 1. The molecule has 4 rings (SSSR count). The highest BCUT2D eigenvalue weighted by Gasteiger charge is 2.47. The fourth-order valence-electron chi connectivity index (χ4n) is 3.44. The number of benzene rings is 2. The highest BCUT2D eigenvalue weighted by molar-refractivity contribution is 6.51. The van der Waals surface area contributed by atoms with Gasteiger partial charge in [0.05, 0.1) is 28.4 Å². The van der Waals surface area contributed by atoms with Crippen molar-refractivity contribution >= 4 is 28.8 Å². The van der Waals surface area contributed by atoms with Crippen LogP contribution in [-0.4, -0.2) is 26.7 Å². The Morgan fingerprint density at radius 1 is 1.00 bits per heavy atom. The Morgan fingerprint density at radius 3 is 2.30 bits per heavy atom. The van der Waals surface area contributed by atoms with Gasteiger partial charge >= 0.3 is 0 Å². The first-order valence-electron chi connectivity index (χ1n) is 9.00. The number of carbonyl (C=O) groups excluding carboxylic acids is 2. The summed E-state index contributed by atoms with van der Waals surface area (Å²) in [6.45, 7) is 0. The third-order valence-corrected chi connectivity index (χ3v) is 4.84. The molecule has 0 radical (unpaired) electrons. The fourth-order valence-corrected chi connectivity index (χ4v) is 3.44. The van der Waals surface area contributed by atoms with E-state index >= 15 is 0 Å². The second kappa shape index (κ2) is 7.59. The summed E-state index contributed by atoms with van der Waals surface area (Å²) >= 11 is 0. The van der Waals surface area contributed by atoms with Gasteiger partial charge in [-0.15, -0.1) is 0 Å². The maximum absolute atomic E-state index is 12.9. The highest BCUT2D eigenvalue weighted by Crippen LogP contribution is 2.42. The number of anilines is 1. The maximum Gasteiger partial charge on any atom is 0.300 e. The first-order valence-corrected chi connectivity index (χ1v) is 9.00. The average molecular weight is 401 g/mol. The minimum absolute atomic E-state index is 0.0936. The number of nitrogens with zero attached hydrogens (tertiary/aromatic N) is 3. The largest absolute Gasteiger partial charge is 0.507 e. The molecule has 30 heavy (non-hydrogen) atoms. The lowest BCUT2D eigenvalue weighted by molar-refractivity contribution is -0.384. The van der Waals surface area contributed by atoms with E-state index in [2.05, 4.69) is 4.98 Å². The lowest BCUT2D eigenvalue weighted by atomic mass is 9.95. The highest BCUT2D eigenvalue weighted by atomic mass is 16.6. The van der Waals surface area contributed by atoms with E-state index in [1.807, 2.05) is 0 Å². The lowest BCUT2D eigenvalue weighted by Gasteiger charge is -2.25. The molecule has 1 saturated heterocycles. The van der Waals surface area contributed by atoms with Gasteiger partial charge in [0.1, 0.15) is 5.76 Å². The molecule has 148 valence electrons. The zero-order chi connectivity index (χ0) is 21.3. The molecular formula is C22H15N3O5. The number of aliphatic hydroxyl groups is 1. The van der Waals surface area contributed by atoms with Gasteiger partial charge in [0.15, 0.2) is 0 Å². The monoisotopic (exact) mass is 401 g/mol. The molecule has 0 saturated carbocycles. The van der Waals surface area contributed by atoms with Crippen LogP contribution in [0.1, 0.15) is 17.2 Å². The first kappa shape index (κ1) is 19.0. The van der Waals surface area contributed by atoms with Crippen LogP contribution in [0.2, 0.25) is 0 Å². The van der Waals surface area contributed by atoms with E-state index in [0.29, 0.717) is 16.8 Å². The number of non-ortho nitro benzene ring substituents is 1. The number of hydrogen-bond acceptors (Lipinski definition) is 6. The Morgan fingerprint density at radius 2 is 1.70 bits per heavy atom.